The van der Waals surface area contributed by atoms with Crippen molar-refractivity contribution in [2.24, 2.45) is 0 Å². The number of nitrogens with zero attached hydrogens (tertiary/aromatic N) is 3. The maximum Gasteiger partial charge on any atom is 0.213 e. The number of benzene rings is 2. The number of pyridine rings is 2. The summed E-state index contributed by atoms with van der Waals surface area (Å²) in [5.74, 6) is 0.999. The Labute approximate surface area is 234 Å². The second kappa shape index (κ2) is 15.3. The first kappa shape index (κ1) is 28.7. The van der Waals surface area contributed by atoms with Gasteiger partial charge in [-0.15, -0.1) is 0 Å². The van der Waals surface area contributed by atoms with Crippen LogP contribution in [-0.4, -0.2) is 46.5 Å². The molecule has 0 amide bonds. The van der Waals surface area contributed by atoms with Crippen LogP contribution in [0, 0.1) is 11.3 Å². The van der Waals surface area contributed by atoms with E-state index in [-0.39, 0.29) is 19.8 Å². The van der Waals surface area contributed by atoms with Gasteiger partial charge in [0.15, 0.2) is 0 Å². The smallest absolute Gasteiger partial charge is 0.213 e. The minimum atomic E-state index is 0.0882. The molecule has 0 fully saturated rings. The monoisotopic (exact) mass is 539 g/mol. The lowest BCUT2D eigenvalue weighted by atomic mass is 9.95. The van der Waals surface area contributed by atoms with Gasteiger partial charge in [0.25, 0.3) is 0 Å². The summed E-state index contributed by atoms with van der Waals surface area (Å²) in [5.41, 5.74) is 6.01. The van der Waals surface area contributed by atoms with E-state index in [9.17, 15) is 5.26 Å². The van der Waals surface area contributed by atoms with Gasteiger partial charge in [0.1, 0.15) is 19.3 Å². The third-order valence-electron chi connectivity index (χ3n) is 6.09. The topological polar surface area (TPSA) is 133 Å². The summed E-state index contributed by atoms with van der Waals surface area (Å²) < 4.78 is 11.8. The predicted molar refractivity (Wildman–Crippen MR) is 151 cm³/mol. The molecule has 0 saturated heterocycles. The van der Waals surface area contributed by atoms with E-state index in [2.05, 4.69) is 26.7 Å². The fraction of sp³-hybridized carbons (Fsp3) is 0.258. The Morgan fingerprint density at radius 3 is 1.93 bits per heavy atom. The van der Waals surface area contributed by atoms with Gasteiger partial charge in [-0.3, -0.25) is 0 Å². The first-order chi connectivity index (χ1) is 19.7. The molecule has 4 aromatic rings. The van der Waals surface area contributed by atoms with Gasteiger partial charge >= 0.3 is 0 Å². The van der Waals surface area contributed by atoms with E-state index in [0.29, 0.717) is 50.1 Å². The van der Waals surface area contributed by atoms with E-state index in [0.717, 1.165) is 33.4 Å². The van der Waals surface area contributed by atoms with E-state index in [1.807, 2.05) is 60.7 Å². The maximum atomic E-state index is 10.0. The van der Waals surface area contributed by atoms with Crippen molar-refractivity contribution in [3.05, 3.63) is 107 Å². The highest BCUT2D eigenvalue weighted by Crippen LogP contribution is 2.28. The quantitative estimate of drug-likeness (QED) is 0.168. The number of rotatable bonds is 15. The SMILES string of the molecule is N#Cc1c(COc2ccc(CNCCO)cn2)cccc1-c1cccc(COc2ccc(CNCCO)cn2)c1. The van der Waals surface area contributed by atoms with Gasteiger partial charge < -0.3 is 30.3 Å². The zero-order valence-electron chi connectivity index (χ0n) is 22.2. The Balaban J connectivity index is 1.39. The summed E-state index contributed by atoms with van der Waals surface area (Å²) in [7, 11) is 0. The molecule has 0 aliphatic carbocycles. The van der Waals surface area contributed by atoms with Crippen LogP contribution in [0.25, 0.3) is 11.1 Å². The van der Waals surface area contributed by atoms with Crippen LogP contribution < -0.4 is 20.1 Å². The molecule has 2 aromatic carbocycles. The second-order valence-corrected chi connectivity index (χ2v) is 9.04. The van der Waals surface area contributed by atoms with Gasteiger partial charge in [-0.05, 0) is 33.9 Å². The van der Waals surface area contributed by atoms with Gasteiger partial charge in [0, 0.05) is 56.3 Å². The normalized spacial score (nSPS) is 10.7. The van der Waals surface area contributed by atoms with Crippen LogP contribution >= 0.6 is 0 Å². The summed E-state index contributed by atoms with van der Waals surface area (Å²) in [6.07, 6.45) is 3.48. The lowest BCUT2D eigenvalue weighted by molar-refractivity contribution is 0.290. The van der Waals surface area contributed by atoms with E-state index in [1.165, 1.54) is 0 Å². The van der Waals surface area contributed by atoms with Gasteiger partial charge in [0.05, 0.1) is 18.8 Å². The molecule has 0 spiro atoms. The molecule has 0 radical (unpaired) electrons. The van der Waals surface area contributed by atoms with Crippen molar-refractivity contribution in [1.82, 2.24) is 20.6 Å². The zero-order valence-corrected chi connectivity index (χ0v) is 22.2. The Morgan fingerprint density at radius 1 is 0.725 bits per heavy atom. The van der Waals surface area contributed by atoms with Crippen molar-refractivity contribution in [3.8, 4) is 29.0 Å². The maximum absolute atomic E-state index is 10.0. The lowest BCUT2D eigenvalue weighted by Gasteiger charge is -2.12. The summed E-state index contributed by atoms with van der Waals surface area (Å²) in [6, 6.07) is 23.5. The van der Waals surface area contributed by atoms with Crippen molar-refractivity contribution < 1.29 is 19.7 Å². The van der Waals surface area contributed by atoms with Crippen LogP contribution in [0.15, 0.2) is 79.1 Å². The number of ether oxygens (including phenoxy) is 2. The van der Waals surface area contributed by atoms with Gasteiger partial charge in [-0.1, -0.05) is 48.5 Å². The minimum Gasteiger partial charge on any atom is -0.473 e. The zero-order chi connectivity index (χ0) is 28.0. The van der Waals surface area contributed by atoms with Crippen molar-refractivity contribution in [2.75, 3.05) is 26.3 Å². The number of nitrogens with one attached hydrogen (secondary N) is 2. The number of aliphatic hydroxyl groups excluding tert-OH is 2. The van der Waals surface area contributed by atoms with E-state index >= 15 is 0 Å². The molecule has 9 heteroatoms. The molecule has 0 saturated carbocycles. The molecule has 0 bridgehead atoms. The Morgan fingerprint density at radius 2 is 1.35 bits per heavy atom. The average Bonchev–Trinajstić information content (AvgIpc) is 3.00. The van der Waals surface area contributed by atoms with E-state index in [4.69, 9.17) is 19.7 Å². The average molecular weight is 540 g/mol. The Kier molecular flexibility index (Phi) is 11.0. The molecule has 206 valence electrons. The molecule has 40 heavy (non-hydrogen) atoms. The van der Waals surface area contributed by atoms with Crippen LogP contribution in [-0.2, 0) is 26.3 Å². The van der Waals surface area contributed by atoms with Crippen molar-refractivity contribution in [1.29, 1.82) is 5.26 Å². The summed E-state index contributed by atoms with van der Waals surface area (Å²) in [4.78, 5) is 8.71. The highest BCUT2D eigenvalue weighted by Gasteiger charge is 2.12. The first-order valence-electron chi connectivity index (χ1n) is 13.1. The summed E-state index contributed by atoms with van der Waals surface area (Å²) >= 11 is 0. The molecule has 2 heterocycles. The predicted octanol–water partition coefficient (Wildman–Crippen LogP) is 3.34. The molecule has 0 aliphatic rings. The highest BCUT2D eigenvalue weighted by atomic mass is 16.5. The molecule has 0 unspecified atom stereocenters. The number of hydrogen-bond donors (Lipinski definition) is 4. The van der Waals surface area contributed by atoms with Crippen LogP contribution in [0.2, 0.25) is 0 Å². The van der Waals surface area contributed by atoms with Crippen LogP contribution in [0.1, 0.15) is 27.8 Å². The molecule has 0 aliphatic heterocycles. The second-order valence-electron chi connectivity index (χ2n) is 9.04. The first-order valence-corrected chi connectivity index (χ1v) is 13.1. The van der Waals surface area contributed by atoms with Crippen LogP contribution in [0.4, 0.5) is 0 Å². The number of nitriles is 1. The molecular weight excluding hydrogens is 506 g/mol. The molecule has 4 N–H and O–H groups in total. The third kappa shape index (κ3) is 8.33. The van der Waals surface area contributed by atoms with Crippen LogP contribution in [0.3, 0.4) is 0 Å². The summed E-state index contributed by atoms with van der Waals surface area (Å²) in [6.45, 7) is 3.05. The van der Waals surface area contributed by atoms with Crippen molar-refractivity contribution >= 4 is 0 Å². The highest BCUT2D eigenvalue weighted by molar-refractivity contribution is 5.72. The van der Waals surface area contributed by atoms with Crippen LogP contribution in [0.5, 0.6) is 11.8 Å². The minimum absolute atomic E-state index is 0.0882. The molecule has 2 aromatic heterocycles. The van der Waals surface area contributed by atoms with E-state index in [1.54, 1.807) is 18.5 Å². The molecule has 9 nitrogen and oxygen atoms in total. The molecule has 0 atom stereocenters. The van der Waals surface area contributed by atoms with Crippen molar-refractivity contribution in [2.45, 2.75) is 26.3 Å². The largest absolute Gasteiger partial charge is 0.473 e. The fourth-order valence-electron chi connectivity index (χ4n) is 4.06. The number of aliphatic hydroxyl groups is 2. The third-order valence-corrected chi connectivity index (χ3v) is 6.09. The standard InChI is InChI=1S/C31H33N5O4/c32-16-29-27(22-40-31-10-8-25(20-36-31)18-34-12-14-38)5-2-6-28(29)26-4-1-3-23(15-26)21-39-30-9-7-24(19-35-30)17-33-11-13-37/h1-10,15,19-20,33-34,37-38H,11-14,17-18,21-22H2. The lowest BCUT2D eigenvalue weighted by Crippen LogP contribution is -2.17. The summed E-state index contributed by atoms with van der Waals surface area (Å²) in [5, 5.41) is 34.0. The van der Waals surface area contributed by atoms with Gasteiger partial charge in [-0.2, -0.15) is 5.26 Å². The number of aromatic nitrogens is 2. The fourth-order valence-corrected chi connectivity index (χ4v) is 4.06. The van der Waals surface area contributed by atoms with Gasteiger partial charge in [-0.25, -0.2) is 9.97 Å². The molecular formula is C31H33N5O4. The van der Waals surface area contributed by atoms with E-state index < -0.39 is 0 Å². The molecule has 4 rings (SSSR count). The Bertz CT molecular complexity index is 1390. The van der Waals surface area contributed by atoms with Gasteiger partial charge in [0.2, 0.25) is 11.8 Å². The Hall–Kier alpha value is -4.33. The van der Waals surface area contributed by atoms with Crippen molar-refractivity contribution in [3.63, 3.8) is 0 Å². The number of hydrogen-bond acceptors (Lipinski definition) is 9.